The summed E-state index contributed by atoms with van der Waals surface area (Å²) < 4.78 is 0. The van der Waals surface area contributed by atoms with Crippen LogP contribution in [0.4, 0.5) is 0 Å². The molecule has 0 spiro atoms. The van der Waals surface area contributed by atoms with Gasteiger partial charge in [0.1, 0.15) is 5.78 Å². The first-order valence-electron chi connectivity index (χ1n) is 5.43. The molecule has 2 fully saturated rings. The van der Waals surface area contributed by atoms with E-state index in [1.807, 2.05) is 0 Å². The summed E-state index contributed by atoms with van der Waals surface area (Å²) in [7, 11) is 0. The van der Waals surface area contributed by atoms with E-state index in [2.05, 4.69) is 19.2 Å². The number of carbonyl (C=O) groups is 3. The molecule has 0 saturated carbocycles. The van der Waals surface area contributed by atoms with Crippen molar-refractivity contribution in [3.05, 3.63) is 0 Å². The van der Waals surface area contributed by atoms with Gasteiger partial charge in [-0.15, -0.1) is 0 Å². The Kier molecular flexibility index (Phi) is 3.56. The highest BCUT2D eigenvalue weighted by Crippen LogP contribution is 2.39. The van der Waals surface area contributed by atoms with Gasteiger partial charge < -0.3 is 15.5 Å². The van der Waals surface area contributed by atoms with E-state index in [9.17, 15) is 4.79 Å². The lowest BCUT2D eigenvalue weighted by Crippen LogP contribution is -2.53. The van der Waals surface area contributed by atoms with Gasteiger partial charge in [0.05, 0.1) is 0 Å². The summed E-state index contributed by atoms with van der Waals surface area (Å²) in [6.07, 6.45) is 3.80. The first kappa shape index (κ1) is 13.6. The third-order valence-electron chi connectivity index (χ3n) is 3.19. The molecule has 2 unspecified atom stereocenters. The van der Waals surface area contributed by atoms with Gasteiger partial charge in [0.2, 0.25) is 0 Å². The molecule has 6 heteroatoms. The third-order valence-corrected chi connectivity index (χ3v) is 3.19. The molecule has 0 aromatic carbocycles. The molecule has 3 N–H and O–H groups in total. The SMILES string of the molecule is CC12CCC(C)(CC(=O)C1)N2.O=C(O)C(=O)O. The molecule has 2 rings (SSSR count). The standard InChI is InChI=1S/C9H15NO.C2H2O4/c1-8-3-4-9(2,10-8)6-7(11)5-8;3-1(4)2(5)6/h10H,3-6H2,1-2H3;(H,3,4)(H,5,6). The maximum Gasteiger partial charge on any atom is 0.414 e. The van der Waals surface area contributed by atoms with Crippen LogP contribution in [0, 0.1) is 0 Å². The normalized spacial score (nSPS) is 34.8. The molecule has 2 saturated heterocycles. The quantitative estimate of drug-likeness (QED) is 0.532. The molecule has 2 bridgehead atoms. The number of aliphatic carboxylic acids is 2. The molecule has 96 valence electrons. The lowest BCUT2D eigenvalue weighted by Gasteiger charge is -2.35. The van der Waals surface area contributed by atoms with Crippen molar-refractivity contribution in [2.75, 3.05) is 0 Å². The van der Waals surface area contributed by atoms with E-state index in [-0.39, 0.29) is 11.1 Å². The number of ketones is 1. The summed E-state index contributed by atoms with van der Waals surface area (Å²) in [6, 6.07) is 0. The van der Waals surface area contributed by atoms with Crippen LogP contribution in [-0.4, -0.2) is 39.0 Å². The van der Waals surface area contributed by atoms with Crippen molar-refractivity contribution < 1.29 is 24.6 Å². The lowest BCUT2D eigenvalue weighted by molar-refractivity contribution is -0.159. The number of hydrogen-bond acceptors (Lipinski definition) is 4. The van der Waals surface area contributed by atoms with Crippen molar-refractivity contribution in [2.45, 2.75) is 50.6 Å². The topological polar surface area (TPSA) is 104 Å². The fraction of sp³-hybridized carbons (Fsp3) is 0.727. The second-order valence-corrected chi connectivity index (χ2v) is 5.25. The van der Waals surface area contributed by atoms with Crippen LogP contribution in [0.1, 0.15) is 39.5 Å². The monoisotopic (exact) mass is 243 g/mol. The van der Waals surface area contributed by atoms with Gasteiger partial charge in [-0.2, -0.15) is 0 Å². The van der Waals surface area contributed by atoms with E-state index in [4.69, 9.17) is 19.8 Å². The Bertz CT molecular complexity index is 335. The number of carboxylic acids is 2. The van der Waals surface area contributed by atoms with Crippen molar-refractivity contribution >= 4 is 17.7 Å². The maximum atomic E-state index is 11.3. The first-order chi connectivity index (χ1) is 7.66. The Labute approximate surface area is 99.0 Å². The highest BCUT2D eigenvalue weighted by atomic mass is 16.4. The Hall–Kier alpha value is -1.43. The Morgan fingerprint density at radius 3 is 1.71 bits per heavy atom. The molecular formula is C11H17NO5. The van der Waals surface area contributed by atoms with Crippen LogP contribution in [0.15, 0.2) is 0 Å². The van der Waals surface area contributed by atoms with Crippen molar-refractivity contribution in [3.63, 3.8) is 0 Å². The Morgan fingerprint density at radius 1 is 1.06 bits per heavy atom. The van der Waals surface area contributed by atoms with Gasteiger partial charge >= 0.3 is 11.9 Å². The Morgan fingerprint density at radius 2 is 1.41 bits per heavy atom. The van der Waals surface area contributed by atoms with Gasteiger partial charge in [0.15, 0.2) is 0 Å². The molecule has 2 aliphatic heterocycles. The molecule has 2 atom stereocenters. The first-order valence-corrected chi connectivity index (χ1v) is 5.43. The lowest BCUT2D eigenvalue weighted by atomic mass is 9.88. The highest BCUT2D eigenvalue weighted by Gasteiger charge is 2.47. The predicted molar refractivity (Wildman–Crippen MR) is 58.7 cm³/mol. The molecule has 0 aliphatic carbocycles. The summed E-state index contributed by atoms with van der Waals surface area (Å²) in [5.74, 6) is -3.21. The number of fused-ring (bicyclic) bond motifs is 2. The van der Waals surface area contributed by atoms with E-state index < -0.39 is 11.9 Å². The van der Waals surface area contributed by atoms with E-state index in [1.165, 1.54) is 0 Å². The minimum atomic E-state index is -1.82. The summed E-state index contributed by atoms with van der Waals surface area (Å²) in [4.78, 5) is 29.5. The minimum absolute atomic E-state index is 0.129. The average molecular weight is 243 g/mol. The van der Waals surface area contributed by atoms with Crippen molar-refractivity contribution in [3.8, 4) is 0 Å². The number of nitrogens with one attached hydrogen (secondary N) is 1. The molecule has 17 heavy (non-hydrogen) atoms. The number of carbonyl (C=O) groups excluding carboxylic acids is 1. The van der Waals surface area contributed by atoms with E-state index in [0.717, 1.165) is 25.7 Å². The van der Waals surface area contributed by atoms with Gasteiger partial charge in [-0.1, -0.05) is 0 Å². The molecule has 6 nitrogen and oxygen atoms in total. The van der Waals surface area contributed by atoms with Gasteiger partial charge in [0, 0.05) is 23.9 Å². The molecule has 0 amide bonds. The molecular weight excluding hydrogens is 226 g/mol. The van der Waals surface area contributed by atoms with Gasteiger partial charge in [-0.25, -0.2) is 9.59 Å². The fourth-order valence-electron chi connectivity index (χ4n) is 2.60. The van der Waals surface area contributed by atoms with E-state index in [0.29, 0.717) is 5.78 Å². The molecule has 2 heterocycles. The zero-order chi connectivity index (χ0) is 13.3. The van der Waals surface area contributed by atoms with Crippen LogP contribution >= 0.6 is 0 Å². The van der Waals surface area contributed by atoms with Crippen LogP contribution in [0.5, 0.6) is 0 Å². The number of rotatable bonds is 0. The third kappa shape index (κ3) is 3.52. The molecule has 0 aromatic heterocycles. The number of carboxylic acid groups (broad SMARTS) is 2. The van der Waals surface area contributed by atoms with Crippen molar-refractivity contribution in [2.24, 2.45) is 0 Å². The summed E-state index contributed by atoms with van der Waals surface area (Å²) in [6.45, 7) is 4.32. The zero-order valence-electron chi connectivity index (χ0n) is 9.95. The second kappa shape index (κ2) is 4.44. The summed E-state index contributed by atoms with van der Waals surface area (Å²) >= 11 is 0. The number of Topliss-reactive ketones (excluding diaryl/α,β-unsaturated/α-hetero) is 1. The zero-order valence-corrected chi connectivity index (χ0v) is 9.95. The maximum absolute atomic E-state index is 11.3. The number of piperidine rings is 1. The summed E-state index contributed by atoms with van der Waals surface area (Å²) in [5, 5.41) is 18.3. The van der Waals surface area contributed by atoms with E-state index in [1.54, 1.807) is 0 Å². The smallest absolute Gasteiger partial charge is 0.414 e. The fourth-order valence-corrected chi connectivity index (χ4v) is 2.60. The largest absolute Gasteiger partial charge is 0.473 e. The van der Waals surface area contributed by atoms with Crippen LogP contribution < -0.4 is 5.32 Å². The molecule has 0 radical (unpaired) electrons. The molecule has 2 aliphatic rings. The Balaban J connectivity index is 0.000000209. The van der Waals surface area contributed by atoms with Crippen LogP contribution in [0.3, 0.4) is 0 Å². The molecule has 0 aromatic rings. The van der Waals surface area contributed by atoms with Gasteiger partial charge in [-0.05, 0) is 26.7 Å². The minimum Gasteiger partial charge on any atom is -0.473 e. The van der Waals surface area contributed by atoms with Gasteiger partial charge in [-0.3, -0.25) is 4.79 Å². The van der Waals surface area contributed by atoms with Crippen LogP contribution in [0.25, 0.3) is 0 Å². The average Bonchev–Trinajstić information content (AvgIpc) is 2.35. The number of hydrogen-bond donors (Lipinski definition) is 3. The van der Waals surface area contributed by atoms with Crippen molar-refractivity contribution in [1.82, 2.24) is 5.32 Å². The van der Waals surface area contributed by atoms with Crippen LogP contribution in [0.2, 0.25) is 0 Å². The van der Waals surface area contributed by atoms with Crippen LogP contribution in [-0.2, 0) is 14.4 Å². The van der Waals surface area contributed by atoms with E-state index >= 15 is 0 Å². The van der Waals surface area contributed by atoms with Gasteiger partial charge in [0.25, 0.3) is 0 Å². The summed E-state index contributed by atoms with van der Waals surface area (Å²) in [5.41, 5.74) is 0.258. The van der Waals surface area contributed by atoms with Crippen molar-refractivity contribution in [1.29, 1.82) is 0 Å². The highest BCUT2D eigenvalue weighted by molar-refractivity contribution is 6.27. The second-order valence-electron chi connectivity index (χ2n) is 5.25. The predicted octanol–water partition coefficient (Wildman–Crippen LogP) is 0.406.